The lowest BCUT2D eigenvalue weighted by molar-refractivity contribution is 0.303. The summed E-state index contributed by atoms with van der Waals surface area (Å²) in [5.74, 6) is 0.773. The number of sulfonamides is 1. The van der Waals surface area contributed by atoms with Gasteiger partial charge in [0.25, 0.3) is 0 Å². The van der Waals surface area contributed by atoms with Crippen molar-refractivity contribution in [2.75, 3.05) is 12.3 Å². The molecular formula is C13H26N2O2S. The number of nitrogens with one attached hydrogen (secondary N) is 2. The molecule has 2 aliphatic rings. The molecule has 2 N–H and O–H groups in total. The number of rotatable bonds is 5. The van der Waals surface area contributed by atoms with Crippen LogP contribution in [0.4, 0.5) is 0 Å². The van der Waals surface area contributed by atoms with Gasteiger partial charge in [-0.2, -0.15) is 0 Å². The van der Waals surface area contributed by atoms with E-state index in [-0.39, 0.29) is 17.8 Å². The van der Waals surface area contributed by atoms with Crippen LogP contribution in [0.15, 0.2) is 0 Å². The second-order valence-electron chi connectivity index (χ2n) is 5.88. The Bertz CT molecular complexity index is 344. The van der Waals surface area contributed by atoms with Crippen LogP contribution < -0.4 is 10.0 Å². The van der Waals surface area contributed by atoms with Gasteiger partial charge >= 0.3 is 0 Å². The molecule has 2 atom stereocenters. The SMILES string of the molecule is CC(NS(=O)(=O)CC1CCCN1)C1CCCCC1. The summed E-state index contributed by atoms with van der Waals surface area (Å²) < 4.78 is 27.1. The molecule has 0 radical (unpaired) electrons. The van der Waals surface area contributed by atoms with Crippen molar-refractivity contribution in [1.29, 1.82) is 0 Å². The highest BCUT2D eigenvalue weighted by atomic mass is 32.2. The van der Waals surface area contributed by atoms with Gasteiger partial charge in [0.2, 0.25) is 10.0 Å². The van der Waals surface area contributed by atoms with Gasteiger partial charge in [-0.25, -0.2) is 13.1 Å². The van der Waals surface area contributed by atoms with Crippen molar-refractivity contribution in [1.82, 2.24) is 10.0 Å². The van der Waals surface area contributed by atoms with Gasteiger partial charge in [-0.1, -0.05) is 19.3 Å². The van der Waals surface area contributed by atoms with Crippen molar-refractivity contribution in [3.63, 3.8) is 0 Å². The molecule has 0 amide bonds. The summed E-state index contributed by atoms with van der Waals surface area (Å²) in [6.45, 7) is 2.98. The second-order valence-corrected chi connectivity index (χ2v) is 7.68. The average Bonchev–Trinajstić information content (AvgIpc) is 2.81. The molecule has 0 aromatic rings. The summed E-state index contributed by atoms with van der Waals surface area (Å²) >= 11 is 0. The molecule has 106 valence electrons. The first-order valence-corrected chi connectivity index (χ1v) is 8.95. The first-order valence-electron chi connectivity index (χ1n) is 7.30. The highest BCUT2D eigenvalue weighted by Crippen LogP contribution is 2.26. The summed E-state index contributed by atoms with van der Waals surface area (Å²) in [6.07, 6.45) is 8.23. The fraction of sp³-hybridized carbons (Fsp3) is 1.00. The van der Waals surface area contributed by atoms with Gasteiger partial charge in [0.15, 0.2) is 0 Å². The fourth-order valence-corrected chi connectivity index (χ4v) is 4.89. The standard InChI is InChI=1S/C13H26N2O2S/c1-11(12-6-3-2-4-7-12)15-18(16,17)10-13-8-5-9-14-13/h11-15H,2-10H2,1H3. The van der Waals surface area contributed by atoms with Crippen molar-refractivity contribution >= 4 is 10.0 Å². The predicted molar refractivity (Wildman–Crippen MR) is 74.0 cm³/mol. The Kier molecular flexibility index (Phi) is 5.04. The smallest absolute Gasteiger partial charge is 0.213 e. The van der Waals surface area contributed by atoms with Gasteiger partial charge < -0.3 is 5.32 Å². The van der Waals surface area contributed by atoms with Crippen molar-refractivity contribution < 1.29 is 8.42 Å². The topological polar surface area (TPSA) is 58.2 Å². The Labute approximate surface area is 111 Å². The normalized spacial score (nSPS) is 28.4. The molecule has 18 heavy (non-hydrogen) atoms. The molecular weight excluding hydrogens is 248 g/mol. The molecule has 2 unspecified atom stereocenters. The van der Waals surface area contributed by atoms with E-state index in [2.05, 4.69) is 10.0 Å². The van der Waals surface area contributed by atoms with Crippen molar-refractivity contribution in [2.24, 2.45) is 5.92 Å². The van der Waals surface area contributed by atoms with E-state index in [1.54, 1.807) is 0 Å². The van der Waals surface area contributed by atoms with E-state index in [0.29, 0.717) is 5.92 Å². The highest BCUT2D eigenvalue weighted by Gasteiger charge is 2.27. The summed E-state index contributed by atoms with van der Waals surface area (Å²) in [4.78, 5) is 0. The third kappa shape index (κ3) is 4.21. The molecule has 1 aliphatic carbocycles. The molecule has 2 rings (SSSR count). The van der Waals surface area contributed by atoms with E-state index < -0.39 is 10.0 Å². The lowest BCUT2D eigenvalue weighted by Gasteiger charge is -2.28. The minimum Gasteiger partial charge on any atom is -0.313 e. The lowest BCUT2D eigenvalue weighted by atomic mass is 9.85. The van der Waals surface area contributed by atoms with Crippen molar-refractivity contribution in [2.45, 2.75) is 64.0 Å². The van der Waals surface area contributed by atoms with Gasteiger partial charge in [0.1, 0.15) is 0 Å². The Balaban J connectivity index is 1.82. The molecule has 1 aliphatic heterocycles. The average molecular weight is 274 g/mol. The van der Waals surface area contributed by atoms with E-state index in [9.17, 15) is 8.42 Å². The van der Waals surface area contributed by atoms with Crippen molar-refractivity contribution in [3.05, 3.63) is 0 Å². The van der Waals surface area contributed by atoms with Crippen LogP contribution in [0.1, 0.15) is 51.9 Å². The van der Waals surface area contributed by atoms with E-state index >= 15 is 0 Å². The van der Waals surface area contributed by atoms with E-state index in [0.717, 1.165) is 19.4 Å². The van der Waals surface area contributed by atoms with Crippen LogP contribution in [0.25, 0.3) is 0 Å². The minimum atomic E-state index is -3.13. The molecule has 2 fully saturated rings. The van der Waals surface area contributed by atoms with Gasteiger partial charge in [0.05, 0.1) is 5.75 Å². The number of hydrogen-bond donors (Lipinski definition) is 2. The largest absolute Gasteiger partial charge is 0.313 e. The fourth-order valence-electron chi connectivity index (χ4n) is 3.23. The molecule has 4 nitrogen and oxygen atoms in total. The molecule has 5 heteroatoms. The van der Waals surface area contributed by atoms with Crippen LogP contribution in [0.2, 0.25) is 0 Å². The zero-order valence-corrected chi connectivity index (χ0v) is 12.1. The lowest BCUT2D eigenvalue weighted by Crippen LogP contribution is -2.43. The van der Waals surface area contributed by atoms with E-state index in [1.807, 2.05) is 6.92 Å². The maximum Gasteiger partial charge on any atom is 0.213 e. The van der Waals surface area contributed by atoms with Crippen LogP contribution in [-0.4, -0.2) is 32.8 Å². The van der Waals surface area contributed by atoms with E-state index in [1.165, 1.54) is 32.1 Å². The molecule has 0 spiro atoms. The van der Waals surface area contributed by atoms with Crippen LogP contribution in [0.5, 0.6) is 0 Å². The predicted octanol–water partition coefficient (Wildman–Crippen LogP) is 1.63. The zero-order valence-electron chi connectivity index (χ0n) is 11.3. The Morgan fingerprint density at radius 1 is 1.17 bits per heavy atom. The molecule has 0 bridgehead atoms. The molecule has 0 aromatic heterocycles. The van der Waals surface area contributed by atoms with Crippen LogP contribution in [0.3, 0.4) is 0 Å². The quantitative estimate of drug-likeness (QED) is 0.801. The Morgan fingerprint density at radius 3 is 2.50 bits per heavy atom. The summed E-state index contributed by atoms with van der Waals surface area (Å²) in [7, 11) is -3.13. The summed E-state index contributed by atoms with van der Waals surface area (Å²) in [6, 6.07) is 0.248. The first kappa shape index (κ1) is 14.3. The van der Waals surface area contributed by atoms with Crippen LogP contribution in [0, 0.1) is 5.92 Å². The third-order valence-electron chi connectivity index (χ3n) is 4.31. The zero-order chi connectivity index (χ0) is 13.0. The number of hydrogen-bond acceptors (Lipinski definition) is 3. The minimum absolute atomic E-state index is 0.0942. The van der Waals surface area contributed by atoms with Crippen molar-refractivity contribution in [3.8, 4) is 0 Å². The van der Waals surface area contributed by atoms with Gasteiger partial charge in [-0.15, -0.1) is 0 Å². The monoisotopic (exact) mass is 274 g/mol. The van der Waals surface area contributed by atoms with Gasteiger partial charge in [0, 0.05) is 12.1 Å². The molecule has 1 heterocycles. The Morgan fingerprint density at radius 2 is 1.89 bits per heavy atom. The van der Waals surface area contributed by atoms with Gasteiger partial charge in [-0.05, 0) is 45.1 Å². The first-order chi connectivity index (χ1) is 8.57. The molecule has 0 aromatic carbocycles. The summed E-state index contributed by atoms with van der Waals surface area (Å²) in [5.41, 5.74) is 0. The van der Waals surface area contributed by atoms with Gasteiger partial charge in [-0.3, -0.25) is 0 Å². The maximum absolute atomic E-state index is 12.1. The second kappa shape index (κ2) is 6.35. The van der Waals surface area contributed by atoms with Crippen LogP contribution >= 0.6 is 0 Å². The van der Waals surface area contributed by atoms with Crippen LogP contribution in [-0.2, 0) is 10.0 Å². The maximum atomic E-state index is 12.1. The van der Waals surface area contributed by atoms with E-state index in [4.69, 9.17) is 0 Å². The third-order valence-corrected chi connectivity index (χ3v) is 5.88. The highest BCUT2D eigenvalue weighted by molar-refractivity contribution is 7.89. The molecule has 1 saturated heterocycles. The summed E-state index contributed by atoms with van der Waals surface area (Å²) in [5, 5.41) is 3.25. The Hall–Kier alpha value is -0.130. The molecule has 1 saturated carbocycles.